The Morgan fingerprint density at radius 1 is 1.06 bits per heavy atom. The van der Waals surface area contributed by atoms with Crippen molar-refractivity contribution >= 4 is 23.3 Å². The van der Waals surface area contributed by atoms with Gasteiger partial charge < -0.3 is 9.84 Å². The molecule has 172 valence electrons. The first-order valence-corrected chi connectivity index (χ1v) is 12.0. The molecule has 4 aliphatic rings. The maximum absolute atomic E-state index is 13.6. The number of ketones is 3. The van der Waals surface area contributed by atoms with Gasteiger partial charge in [-0.1, -0.05) is 13.8 Å². The first-order valence-electron chi connectivity index (χ1n) is 12.0. The van der Waals surface area contributed by atoms with Crippen molar-refractivity contribution in [2.24, 2.45) is 40.4 Å². The topological polar surface area (TPSA) is 97.7 Å². The standard InChI is InChI=1S/C25H36O6/c1-4-31-23(30)20(28)12-19(27)18-8-7-17-16-6-5-14-11-15(26)9-10-24(14,2)22(16)21(29)13-25(17,18)3/h14-18,22,26H,4-13H2,1-3H3/t14-,15+,16+,17+,18-,22-,24+,25+/m1/s1. The summed E-state index contributed by atoms with van der Waals surface area (Å²) in [4.78, 5) is 50.4. The van der Waals surface area contributed by atoms with Crippen LogP contribution in [-0.4, -0.2) is 41.1 Å². The fourth-order valence-electron chi connectivity index (χ4n) is 8.14. The number of esters is 1. The molecule has 4 fully saturated rings. The number of aliphatic hydroxyl groups excluding tert-OH is 1. The van der Waals surface area contributed by atoms with Crippen LogP contribution in [-0.2, 0) is 23.9 Å². The summed E-state index contributed by atoms with van der Waals surface area (Å²) in [5.74, 6) is -1.03. The van der Waals surface area contributed by atoms with Gasteiger partial charge in [0, 0.05) is 18.3 Å². The van der Waals surface area contributed by atoms with Gasteiger partial charge in [-0.3, -0.25) is 14.4 Å². The van der Waals surface area contributed by atoms with Crippen LogP contribution < -0.4 is 0 Å². The van der Waals surface area contributed by atoms with Crippen LogP contribution in [0.2, 0.25) is 0 Å². The summed E-state index contributed by atoms with van der Waals surface area (Å²) >= 11 is 0. The Balaban J connectivity index is 1.54. The Hall–Kier alpha value is -1.56. The maximum Gasteiger partial charge on any atom is 0.375 e. The molecule has 0 bridgehead atoms. The van der Waals surface area contributed by atoms with Crippen LogP contribution in [0.5, 0.6) is 0 Å². The predicted octanol–water partition coefficient (Wildman–Crippen LogP) is 3.28. The molecule has 0 aliphatic heterocycles. The van der Waals surface area contributed by atoms with Crippen molar-refractivity contribution in [2.75, 3.05) is 6.61 Å². The van der Waals surface area contributed by atoms with Gasteiger partial charge in [-0.25, -0.2) is 4.79 Å². The number of rotatable bonds is 5. The molecule has 4 saturated carbocycles. The molecule has 0 radical (unpaired) electrons. The predicted molar refractivity (Wildman–Crippen MR) is 113 cm³/mol. The summed E-state index contributed by atoms with van der Waals surface area (Å²) in [6.45, 7) is 6.06. The second-order valence-corrected chi connectivity index (χ2v) is 11.0. The Bertz CT molecular complexity index is 789. The normalized spacial score (nSPS) is 44.1. The lowest BCUT2D eigenvalue weighted by Crippen LogP contribution is -2.58. The average Bonchev–Trinajstić information content (AvgIpc) is 3.05. The fourth-order valence-corrected chi connectivity index (χ4v) is 8.14. The monoisotopic (exact) mass is 432 g/mol. The van der Waals surface area contributed by atoms with Crippen LogP contribution in [0.3, 0.4) is 0 Å². The Labute approximate surface area is 184 Å². The smallest absolute Gasteiger partial charge is 0.375 e. The molecule has 0 unspecified atom stereocenters. The minimum Gasteiger partial charge on any atom is -0.460 e. The Kier molecular flexibility index (Phi) is 5.91. The summed E-state index contributed by atoms with van der Waals surface area (Å²) in [7, 11) is 0. The Morgan fingerprint density at radius 3 is 2.52 bits per heavy atom. The molecule has 31 heavy (non-hydrogen) atoms. The van der Waals surface area contributed by atoms with E-state index in [1.165, 1.54) is 0 Å². The number of hydrogen-bond acceptors (Lipinski definition) is 6. The second-order valence-electron chi connectivity index (χ2n) is 11.0. The summed E-state index contributed by atoms with van der Waals surface area (Å²) in [5, 5.41) is 10.2. The quantitative estimate of drug-likeness (QED) is 0.407. The van der Waals surface area contributed by atoms with Gasteiger partial charge in [0.05, 0.1) is 19.1 Å². The molecular formula is C25H36O6. The van der Waals surface area contributed by atoms with Crippen molar-refractivity contribution in [3.63, 3.8) is 0 Å². The highest BCUT2D eigenvalue weighted by Crippen LogP contribution is 2.66. The van der Waals surface area contributed by atoms with E-state index in [2.05, 4.69) is 13.8 Å². The third-order valence-electron chi connectivity index (χ3n) is 9.55. The number of Topliss-reactive ketones (excluding diaryl/α,β-unsaturated/α-hetero) is 3. The van der Waals surface area contributed by atoms with E-state index in [9.17, 15) is 24.3 Å². The lowest BCUT2D eigenvalue weighted by atomic mass is 9.44. The molecule has 0 saturated heterocycles. The molecule has 8 atom stereocenters. The molecular weight excluding hydrogens is 396 g/mol. The minimum atomic E-state index is -0.943. The lowest BCUT2D eigenvalue weighted by molar-refractivity contribution is -0.163. The lowest BCUT2D eigenvalue weighted by Gasteiger charge is -2.59. The van der Waals surface area contributed by atoms with E-state index in [4.69, 9.17) is 4.74 Å². The van der Waals surface area contributed by atoms with Crippen molar-refractivity contribution in [3.05, 3.63) is 0 Å². The van der Waals surface area contributed by atoms with Gasteiger partial charge in [0.1, 0.15) is 11.6 Å². The van der Waals surface area contributed by atoms with Crippen molar-refractivity contribution in [1.82, 2.24) is 0 Å². The number of carbonyl (C=O) groups is 4. The van der Waals surface area contributed by atoms with Crippen LogP contribution in [0.15, 0.2) is 0 Å². The van der Waals surface area contributed by atoms with Crippen LogP contribution in [0, 0.1) is 40.4 Å². The first-order chi connectivity index (χ1) is 14.6. The van der Waals surface area contributed by atoms with Crippen LogP contribution in [0.4, 0.5) is 0 Å². The summed E-state index contributed by atoms with van der Waals surface area (Å²) < 4.78 is 4.74. The maximum atomic E-state index is 13.6. The molecule has 4 aliphatic carbocycles. The largest absolute Gasteiger partial charge is 0.460 e. The third-order valence-corrected chi connectivity index (χ3v) is 9.55. The average molecular weight is 433 g/mol. The summed E-state index contributed by atoms with van der Waals surface area (Å²) in [5.41, 5.74) is -0.482. The van der Waals surface area contributed by atoms with Crippen molar-refractivity contribution < 1.29 is 29.0 Å². The third kappa shape index (κ3) is 3.59. The van der Waals surface area contributed by atoms with Crippen molar-refractivity contribution in [1.29, 1.82) is 0 Å². The highest BCUT2D eigenvalue weighted by molar-refractivity contribution is 6.37. The van der Waals surface area contributed by atoms with E-state index in [1.807, 2.05) is 0 Å². The zero-order valence-electron chi connectivity index (χ0n) is 19.0. The fraction of sp³-hybridized carbons (Fsp3) is 0.840. The van der Waals surface area contributed by atoms with E-state index >= 15 is 0 Å². The summed E-state index contributed by atoms with van der Waals surface area (Å²) in [6, 6.07) is 0. The SMILES string of the molecule is CCOC(=O)C(=O)CC(=O)[C@H]1CC[C@H]2[C@@H]3CC[C@@H]4C[C@@H](O)CC[C@]4(C)[C@H]3C(=O)C[C@]12C. The van der Waals surface area contributed by atoms with Crippen LogP contribution in [0.1, 0.15) is 78.6 Å². The van der Waals surface area contributed by atoms with E-state index in [0.717, 1.165) is 38.5 Å². The molecule has 4 rings (SSSR count). The van der Waals surface area contributed by atoms with Crippen molar-refractivity contribution in [3.8, 4) is 0 Å². The minimum absolute atomic E-state index is 0.0202. The van der Waals surface area contributed by atoms with Crippen molar-refractivity contribution in [2.45, 2.75) is 84.7 Å². The number of hydrogen-bond donors (Lipinski definition) is 1. The zero-order valence-corrected chi connectivity index (χ0v) is 19.0. The van der Waals surface area contributed by atoms with Gasteiger partial charge in [-0.05, 0) is 80.5 Å². The summed E-state index contributed by atoms with van der Waals surface area (Å²) in [6.07, 6.45) is 5.77. The first kappa shape index (κ1) is 22.6. The highest BCUT2D eigenvalue weighted by atomic mass is 16.5. The number of aliphatic hydroxyl groups is 1. The number of fused-ring (bicyclic) bond motifs is 5. The van der Waals surface area contributed by atoms with E-state index < -0.39 is 23.6 Å². The molecule has 0 amide bonds. The van der Waals surface area contributed by atoms with Gasteiger partial charge in [0.25, 0.3) is 0 Å². The Morgan fingerprint density at radius 2 is 1.81 bits per heavy atom. The zero-order chi connectivity index (χ0) is 22.6. The molecule has 1 N–H and O–H groups in total. The van der Waals surface area contributed by atoms with Gasteiger partial charge in [0.2, 0.25) is 5.78 Å². The van der Waals surface area contributed by atoms with Gasteiger partial charge in [-0.2, -0.15) is 0 Å². The van der Waals surface area contributed by atoms with E-state index in [0.29, 0.717) is 24.7 Å². The van der Waals surface area contributed by atoms with Crippen LogP contribution in [0.25, 0.3) is 0 Å². The van der Waals surface area contributed by atoms with E-state index in [1.54, 1.807) is 6.92 Å². The van der Waals surface area contributed by atoms with Crippen LogP contribution >= 0.6 is 0 Å². The highest BCUT2D eigenvalue weighted by Gasteiger charge is 2.64. The second kappa shape index (κ2) is 8.09. The van der Waals surface area contributed by atoms with Gasteiger partial charge in [-0.15, -0.1) is 0 Å². The molecule has 0 aromatic carbocycles. The molecule has 6 nitrogen and oxygen atoms in total. The van der Waals surface area contributed by atoms with E-state index in [-0.39, 0.29) is 47.4 Å². The molecule has 0 heterocycles. The molecule has 6 heteroatoms. The number of carbonyl (C=O) groups excluding carboxylic acids is 4. The van der Waals surface area contributed by atoms with Gasteiger partial charge in [0.15, 0.2) is 0 Å². The molecule has 0 aromatic rings. The number of ether oxygens (including phenoxy) is 1. The molecule has 0 aromatic heterocycles. The van der Waals surface area contributed by atoms with Gasteiger partial charge >= 0.3 is 5.97 Å². The molecule has 0 spiro atoms.